The van der Waals surface area contributed by atoms with E-state index in [1.807, 2.05) is 12.2 Å². The molecule has 11 heteroatoms. The first-order valence-electron chi connectivity index (χ1n) is 14.4. The number of hydrogen-bond acceptors (Lipinski definition) is 7. The Morgan fingerprint density at radius 1 is 0.833 bits per heavy atom. The molecule has 0 saturated carbocycles. The molecule has 0 aromatic heterocycles. The molecule has 6 rings (SSSR count). The molecule has 48 heavy (non-hydrogen) atoms. The van der Waals surface area contributed by atoms with Crippen LogP contribution in [0.4, 0.5) is 11.4 Å². The Morgan fingerprint density at radius 2 is 1.50 bits per heavy atom. The highest BCUT2D eigenvalue weighted by molar-refractivity contribution is 6.09. The van der Waals surface area contributed by atoms with Gasteiger partial charge in [-0.3, -0.25) is 19.7 Å². The van der Waals surface area contributed by atoms with Crippen molar-refractivity contribution in [3.8, 4) is 28.2 Å². The molecule has 0 bridgehead atoms. The summed E-state index contributed by atoms with van der Waals surface area (Å²) >= 11 is 0. The van der Waals surface area contributed by atoms with Crippen LogP contribution < -0.4 is 10.7 Å². The van der Waals surface area contributed by atoms with Gasteiger partial charge < -0.3 is 25.4 Å². The number of benzene rings is 5. The van der Waals surface area contributed by atoms with Crippen molar-refractivity contribution in [3.63, 3.8) is 0 Å². The minimum atomic E-state index is -1.23. The number of nitrogens with zero attached hydrogens (tertiary/aromatic N) is 1. The monoisotopic (exact) mass is 644 g/mol. The molecular formula is C37H28N2O9. The zero-order chi connectivity index (χ0) is 33.4. The third-order valence-corrected chi connectivity index (χ3v) is 7.79. The highest BCUT2D eigenvalue weighted by atomic mass is 16.6. The quantitative estimate of drug-likeness (QED) is 0.0709. The lowest BCUT2D eigenvalue weighted by molar-refractivity contribution is -0.386. The maximum Gasteiger partial charge on any atom is 0.336 e. The van der Waals surface area contributed by atoms with Gasteiger partial charge in [0.15, 0.2) is 5.43 Å². The molecule has 1 heterocycles. The van der Waals surface area contributed by atoms with Crippen LogP contribution >= 0.6 is 0 Å². The van der Waals surface area contributed by atoms with Crippen molar-refractivity contribution in [1.82, 2.24) is 0 Å². The average molecular weight is 645 g/mol. The number of rotatable bonds is 7. The number of hydrogen-bond donors (Lipinski definition) is 3. The molecule has 0 atom stereocenters. The highest BCUT2D eigenvalue weighted by Gasteiger charge is 2.23. The fourth-order valence-corrected chi connectivity index (χ4v) is 5.68. The Bertz CT molecular complexity index is 2280. The van der Waals surface area contributed by atoms with Crippen LogP contribution in [0.1, 0.15) is 43.0 Å². The van der Waals surface area contributed by atoms with Crippen LogP contribution in [-0.4, -0.2) is 32.5 Å². The molecule has 5 N–H and O–H groups in total. The summed E-state index contributed by atoms with van der Waals surface area (Å²) in [5.41, 5.74) is 4.69. The van der Waals surface area contributed by atoms with E-state index in [9.17, 15) is 34.7 Å². The molecule has 0 unspecified atom stereocenters. The normalized spacial score (nSPS) is 11.0. The molecule has 1 amide bonds. The standard InChI is InChI=1S/C37H26N2O8.H2O/c1-20-15-23(16-21(2)35(20)39(45)46)4-3-22-5-7-24(8-6-22)36(42)38-25-9-12-28(31(17-25)37(43)44)34-29-13-10-26(40)18-32(29)47-33-19-27(41)11-14-30(33)34;/h3-19,40H,1-2H3,(H,38,42)(H,43,44);1H2/b4-3+;. The molecule has 240 valence electrons. The van der Waals surface area contributed by atoms with Gasteiger partial charge in [0, 0.05) is 51.0 Å². The number of aromatic hydroxyl groups is 1. The molecular weight excluding hydrogens is 616 g/mol. The van der Waals surface area contributed by atoms with Crippen LogP contribution in [0, 0.1) is 24.0 Å². The molecule has 4 aromatic carbocycles. The van der Waals surface area contributed by atoms with Gasteiger partial charge in [-0.15, -0.1) is 0 Å². The Hall–Kier alpha value is -6.59. The summed E-state index contributed by atoms with van der Waals surface area (Å²) in [6, 6.07) is 23.5. The van der Waals surface area contributed by atoms with Crippen molar-refractivity contribution in [2.24, 2.45) is 0 Å². The number of amides is 1. The minimum Gasteiger partial charge on any atom is -0.508 e. The third-order valence-electron chi connectivity index (χ3n) is 7.79. The van der Waals surface area contributed by atoms with E-state index < -0.39 is 11.9 Å². The average Bonchev–Trinajstić information content (AvgIpc) is 3.02. The Kier molecular flexibility index (Phi) is 8.90. The van der Waals surface area contributed by atoms with E-state index in [0.717, 1.165) is 11.1 Å². The first-order valence-corrected chi connectivity index (χ1v) is 14.4. The number of carbonyl (C=O) groups is 2. The smallest absolute Gasteiger partial charge is 0.336 e. The van der Waals surface area contributed by atoms with E-state index in [1.54, 1.807) is 74.5 Å². The van der Waals surface area contributed by atoms with Crippen molar-refractivity contribution in [2.75, 3.05) is 5.32 Å². The van der Waals surface area contributed by atoms with Crippen molar-refractivity contribution in [3.05, 3.63) is 145 Å². The summed E-state index contributed by atoms with van der Waals surface area (Å²) in [7, 11) is 0. The van der Waals surface area contributed by atoms with Crippen molar-refractivity contribution in [2.45, 2.75) is 13.8 Å². The van der Waals surface area contributed by atoms with Gasteiger partial charge in [0.25, 0.3) is 11.6 Å². The van der Waals surface area contributed by atoms with Crippen molar-refractivity contribution < 1.29 is 34.6 Å². The van der Waals surface area contributed by atoms with Gasteiger partial charge in [-0.1, -0.05) is 30.4 Å². The van der Waals surface area contributed by atoms with Crippen LogP contribution in [0.25, 0.3) is 45.6 Å². The zero-order valence-electron chi connectivity index (χ0n) is 25.6. The SMILES string of the molecule is Cc1cc(/C=C/c2ccc(C(=O)Nc3ccc(-c4c5ccc(=O)cc-5oc5cc(O)ccc45)c(C(=O)O)c3)cc2)cc(C)c1[N+](=O)[O-].O. The topological polar surface area (TPSA) is 191 Å². The largest absolute Gasteiger partial charge is 0.508 e. The number of aryl methyl sites for hydroxylation is 2. The number of nitrogens with one attached hydrogen (secondary N) is 1. The molecule has 2 aliphatic rings. The van der Waals surface area contributed by atoms with E-state index in [4.69, 9.17) is 4.42 Å². The number of nitro groups is 1. The Morgan fingerprint density at radius 3 is 2.17 bits per heavy atom. The summed E-state index contributed by atoms with van der Waals surface area (Å²) in [6.07, 6.45) is 3.67. The maximum absolute atomic E-state index is 13.1. The van der Waals surface area contributed by atoms with Gasteiger partial charge in [-0.2, -0.15) is 0 Å². The number of carboxylic acids is 1. The molecule has 0 radical (unpaired) electrons. The lowest BCUT2D eigenvalue weighted by atomic mass is 9.90. The van der Waals surface area contributed by atoms with E-state index in [1.165, 1.54) is 30.3 Å². The van der Waals surface area contributed by atoms with Gasteiger partial charge in [0.2, 0.25) is 0 Å². The van der Waals surface area contributed by atoms with Crippen LogP contribution in [-0.2, 0) is 0 Å². The van der Waals surface area contributed by atoms with Gasteiger partial charge in [-0.05, 0) is 91.2 Å². The molecule has 0 spiro atoms. The van der Waals surface area contributed by atoms with Gasteiger partial charge in [0.05, 0.1) is 10.5 Å². The second-order valence-corrected chi connectivity index (χ2v) is 11.1. The van der Waals surface area contributed by atoms with Crippen LogP contribution in [0.5, 0.6) is 5.75 Å². The molecule has 1 aliphatic heterocycles. The second-order valence-electron chi connectivity index (χ2n) is 11.1. The summed E-state index contributed by atoms with van der Waals surface area (Å²) in [4.78, 5) is 48.6. The predicted molar refractivity (Wildman–Crippen MR) is 183 cm³/mol. The lowest BCUT2D eigenvalue weighted by Crippen LogP contribution is -2.13. The zero-order valence-corrected chi connectivity index (χ0v) is 25.6. The number of carboxylic acid groups (broad SMARTS) is 1. The fourth-order valence-electron chi connectivity index (χ4n) is 5.68. The van der Waals surface area contributed by atoms with E-state index in [-0.39, 0.29) is 49.9 Å². The number of carbonyl (C=O) groups excluding carboxylic acids is 1. The van der Waals surface area contributed by atoms with Gasteiger partial charge >= 0.3 is 5.97 Å². The number of nitro benzene ring substituents is 1. The van der Waals surface area contributed by atoms with Crippen molar-refractivity contribution in [1.29, 1.82) is 0 Å². The lowest BCUT2D eigenvalue weighted by Gasteiger charge is -2.17. The molecule has 0 fully saturated rings. The first-order chi connectivity index (χ1) is 22.5. The Balaban J connectivity index is 0.00000451. The summed E-state index contributed by atoms with van der Waals surface area (Å²) in [5.74, 6) is -1.50. The minimum absolute atomic E-state index is 0. The second kappa shape index (κ2) is 13.0. The molecule has 11 nitrogen and oxygen atoms in total. The van der Waals surface area contributed by atoms with Crippen LogP contribution in [0.15, 0.2) is 100 Å². The van der Waals surface area contributed by atoms with E-state index in [0.29, 0.717) is 38.8 Å². The number of anilines is 1. The number of phenolic OH excluding ortho intramolecular Hbond substituents is 1. The van der Waals surface area contributed by atoms with Crippen LogP contribution in [0.3, 0.4) is 0 Å². The molecule has 4 aromatic rings. The number of fused-ring (bicyclic) bond motifs is 2. The number of aromatic carboxylic acids is 1. The van der Waals surface area contributed by atoms with Gasteiger partial charge in [0.1, 0.15) is 17.1 Å². The molecule has 0 saturated heterocycles. The highest BCUT2D eigenvalue weighted by Crippen LogP contribution is 2.42. The van der Waals surface area contributed by atoms with Crippen molar-refractivity contribution >= 4 is 46.4 Å². The summed E-state index contributed by atoms with van der Waals surface area (Å²) in [6.45, 7) is 3.39. The summed E-state index contributed by atoms with van der Waals surface area (Å²) in [5, 5.41) is 34.8. The van der Waals surface area contributed by atoms with Crippen LogP contribution in [0.2, 0.25) is 0 Å². The summed E-state index contributed by atoms with van der Waals surface area (Å²) < 4.78 is 5.87. The van der Waals surface area contributed by atoms with Gasteiger partial charge in [-0.25, -0.2) is 4.79 Å². The Labute approximate surface area is 272 Å². The van der Waals surface area contributed by atoms with E-state index in [2.05, 4.69) is 5.32 Å². The third kappa shape index (κ3) is 6.39. The number of phenols is 1. The maximum atomic E-state index is 13.1. The van der Waals surface area contributed by atoms with E-state index >= 15 is 0 Å². The predicted octanol–water partition coefficient (Wildman–Crippen LogP) is 7.09. The first kappa shape index (κ1) is 32.8. The fraction of sp³-hybridized carbons (Fsp3) is 0.0541. The molecule has 1 aliphatic carbocycles.